The van der Waals surface area contributed by atoms with Crippen molar-refractivity contribution < 1.29 is 14.3 Å². The van der Waals surface area contributed by atoms with Gasteiger partial charge in [-0.15, -0.1) is 0 Å². The number of nitrogens with zero attached hydrogens (tertiary/aromatic N) is 1. The van der Waals surface area contributed by atoms with Crippen LogP contribution < -0.4 is 4.74 Å². The van der Waals surface area contributed by atoms with Gasteiger partial charge in [0.2, 0.25) is 5.91 Å². The third-order valence-corrected chi connectivity index (χ3v) is 5.77. The molecule has 0 unspecified atom stereocenters. The van der Waals surface area contributed by atoms with E-state index in [1.165, 1.54) is 0 Å². The molecule has 0 radical (unpaired) electrons. The largest absolute Gasteiger partial charge is 0.493 e. The van der Waals surface area contributed by atoms with E-state index in [9.17, 15) is 4.79 Å². The molecule has 0 N–H and O–H groups in total. The average molecular weight is 416 g/mol. The van der Waals surface area contributed by atoms with Crippen molar-refractivity contribution in [2.75, 3.05) is 26.3 Å². The van der Waals surface area contributed by atoms with Gasteiger partial charge in [0.1, 0.15) is 18.5 Å². The first kappa shape index (κ1) is 21.1. The van der Waals surface area contributed by atoms with E-state index in [-0.39, 0.29) is 18.6 Å². The summed E-state index contributed by atoms with van der Waals surface area (Å²) in [4.78, 5) is 14.7. The lowest BCUT2D eigenvalue weighted by Crippen LogP contribution is -2.41. The van der Waals surface area contributed by atoms with Gasteiger partial charge in [0.25, 0.3) is 0 Å². The lowest BCUT2D eigenvalue weighted by Gasteiger charge is -2.32. The molecule has 4 nitrogen and oxygen atoms in total. The van der Waals surface area contributed by atoms with Crippen molar-refractivity contribution in [2.45, 2.75) is 18.9 Å². The number of para-hydroxylation sites is 1. The molecular weight excluding hydrogens is 386 g/mol. The van der Waals surface area contributed by atoms with Gasteiger partial charge in [-0.25, -0.2) is 0 Å². The number of ether oxygens (including phenoxy) is 2. The fraction of sp³-hybridized carbons (Fsp3) is 0.296. The fourth-order valence-corrected chi connectivity index (χ4v) is 3.97. The number of likely N-dealkylation sites (tertiary alicyclic amines) is 1. The van der Waals surface area contributed by atoms with E-state index < -0.39 is 0 Å². The molecule has 1 aliphatic rings. The number of benzene rings is 3. The first-order valence-electron chi connectivity index (χ1n) is 11.0. The molecule has 0 aliphatic carbocycles. The molecule has 0 aromatic heterocycles. The molecule has 1 amide bonds. The highest BCUT2D eigenvalue weighted by Gasteiger charge is 2.24. The summed E-state index contributed by atoms with van der Waals surface area (Å²) in [6.07, 6.45) is 1.67. The molecule has 1 saturated heterocycles. The van der Waals surface area contributed by atoms with Gasteiger partial charge in [-0.1, -0.05) is 78.9 Å². The van der Waals surface area contributed by atoms with Crippen molar-refractivity contribution in [3.8, 4) is 5.75 Å². The molecule has 31 heavy (non-hydrogen) atoms. The van der Waals surface area contributed by atoms with Crippen molar-refractivity contribution in [2.24, 2.45) is 5.92 Å². The molecule has 160 valence electrons. The Kier molecular flexibility index (Phi) is 7.35. The average Bonchev–Trinajstić information content (AvgIpc) is 2.85. The van der Waals surface area contributed by atoms with Gasteiger partial charge in [-0.3, -0.25) is 4.79 Å². The number of hydrogen-bond donors (Lipinski definition) is 0. The zero-order valence-corrected chi connectivity index (χ0v) is 17.7. The molecule has 3 aromatic rings. The van der Waals surface area contributed by atoms with Crippen LogP contribution >= 0.6 is 0 Å². The standard InChI is InChI=1S/C27H29NO3/c29-26(28-18-16-22(17-19-28)20-30-25-14-8-3-9-15-25)21-31-27(23-10-4-1-5-11-23)24-12-6-2-7-13-24/h1-15,22,27H,16-21H2. The quantitative estimate of drug-likeness (QED) is 0.513. The highest BCUT2D eigenvalue weighted by Crippen LogP contribution is 2.26. The lowest BCUT2D eigenvalue weighted by molar-refractivity contribution is -0.139. The van der Waals surface area contributed by atoms with Crippen LogP contribution in [0.3, 0.4) is 0 Å². The summed E-state index contributed by atoms with van der Waals surface area (Å²) in [6.45, 7) is 2.30. The Labute approximate surface area is 184 Å². The fourth-order valence-electron chi connectivity index (χ4n) is 3.97. The van der Waals surface area contributed by atoms with Crippen LogP contribution in [-0.2, 0) is 9.53 Å². The van der Waals surface area contributed by atoms with Gasteiger partial charge in [0.15, 0.2) is 0 Å². The second-order valence-corrected chi connectivity index (χ2v) is 7.96. The van der Waals surface area contributed by atoms with E-state index in [1.807, 2.05) is 95.9 Å². The van der Waals surface area contributed by atoms with Crippen LogP contribution in [0.5, 0.6) is 5.75 Å². The van der Waals surface area contributed by atoms with E-state index in [4.69, 9.17) is 9.47 Å². The van der Waals surface area contributed by atoms with E-state index in [0.29, 0.717) is 12.5 Å². The van der Waals surface area contributed by atoms with Crippen molar-refractivity contribution in [1.82, 2.24) is 4.90 Å². The van der Waals surface area contributed by atoms with Crippen molar-refractivity contribution >= 4 is 5.91 Å². The predicted octanol–water partition coefficient (Wildman–Crippen LogP) is 5.11. The minimum atomic E-state index is -0.247. The monoisotopic (exact) mass is 415 g/mol. The molecule has 0 atom stereocenters. The summed E-state index contributed by atoms with van der Waals surface area (Å²) in [6, 6.07) is 30.0. The van der Waals surface area contributed by atoms with Crippen LogP contribution in [0.1, 0.15) is 30.1 Å². The summed E-state index contributed by atoms with van der Waals surface area (Å²) in [5, 5.41) is 0. The Morgan fingerprint density at radius 1 is 0.806 bits per heavy atom. The third-order valence-electron chi connectivity index (χ3n) is 5.77. The van der Waals surface area contributed by atoms with Gasteiger partial charge in [-0.05, 0) is 42.0 Å². The Balaban J connectivity index is 1.28. The molecule has 1 fully saturated rings. The number of hydrogen-bond acceptors (Lipinski definition) is 3. The second-order valence-electron chi connectivity index (χ2n) is 7.96. The number of rotatable bonds is 8. The highest BCUT2D eigenvalue weighted by molar-refractivity contribution is 5.77. The van der Waals surface area contributed by atoms with E-state index in [1.54, 1.807) is 0 Å². The van der Waals surface area contributed by atoms with Gasteiger partial charge in [-0.2, -0.15) is 0 Å². The molecule has 0 bridgehead atoms. The van der Waals surface area contributed by atoms with Crippen LogP contribution in [0.25, 0.3) is 0 Å². The van der Waals surface area contributed by atoms with Gasteiger partial charge < -0.3 is 14.4 Å². The molecular formula is C27H29NO3. The second kappa shape index (κ2) is 10.8. The minimum Gasteiger partial charge on any atom is -0.493 e. The Bertz CT molecular complexity index is 883. The van der Waals surface area contributed by atoms with Gasteiger partial charge in [0, 0.05) is 13.1 Å². The van der Waals surface area contributed by atoms with E-state index in [0.717, 1.165) is 42.8 Å². The maximum absolute atomic E-state index is 12.8. The van der Waals surface area contributed by atoms with Crippen LogP contribution in [-0.4, -0.2) is 37.1 Å². The summed E-state index contributed by atoms with van der Waals surface area (Å²) in [5.41, 5.74) is 2.11. The lowest BCUT2D eigenvalue weighted by atomic mass is 9.98. The maximum atomic E-state index is 12.8. The zero-order chi connectivity index (χ0) is 21.3. The Hall–Kier alpha value is -3.11. The SMILES string of the molecule is O=C(COC(c1ccccc1)c1ccccc1)N1CCC(COc2ccccc2)CC1. The first-order chi connectivity index (χ1) is 15.3. The first-order valence-corrected chi connectivity index (χ1v) is 11.0. The number of amides is 1. The minimum absolute atomic E-state index is 0.0549. The number of piperidine rings is 1. The van der Waals surface area contributed by atoms with Crippen LogP contribution in [0.2, 0.25) is 0 Å². The van der Waals surface area contributed by atoms with E-state index in [2.05, 4.69) is 0 Å². The maximum Gasteiger partial charge on any atom is 0.248 e. The van der Waals surface area contributed by atoms with Gasteiger partial charge in [0.05, 0.1) is 6.61 Å². The Morgan fingerprint density at radius 3 is 1.87 bits per heavy atom. The molecule has 3 aromatic carbocycles. The van der Waals surface area contributed by atoms with Crippen LogP contribution in [0.4, 0.5) is 0 Å². The van der Waals surface area contributed by atoms with E-state index >= 15 is 0 Å². The summed E-state index contributed by atoms with van der Waals surface area (Å²) in [5.74, 6) is 1.44. The molecule has 4 heteroatoms. The zero-order valence-electron chi connectivity index (χ0n) is 17.7. The van der Waals surface area contributed by atoms with Crippen molar-refractivity contribution in [3.63, 3.8) is 0 Å². The van der Waals surface area contributed by atoms with Crippen molar-refractivity contribution in [1.29, 1.82) is 0 Å². The normalized spacial score (nSPS) is 14.5. The van der Waals surface area contributed by atoms with Gasteiger partial charge >= 0.3 is 0 Å². The molecule has 0 saturated carbocycles. The highest BCUT2D eigenvalue weighted by atomic mass is 16.5. The summed E-state index contributed by atoms with van der Waals surface area (Å²) < 4.78 is 12.0. The smallest absolute Gasteiger partial charge is 0.248 e. The number of carbonyl (C=O) groups is 1. The number of carbonyl (C=O) groups excluding carboxylic acids is 1. The molecule has 1 heterocycles. The topological polar surface area (TPSA) is 38.8 Å². The van der Waals surface area contributed by atoms with Crippen LogP contribution in [0, 0.1) is 5.92 Å². The summed E-state index contributed by atoms with van der Waals surface area (Å²) in [7, 11) is 0. The third kappa shape index (κ3) is 5.96. The Morgan fingerprint density at radius 2 is 1.32 bits per heavy atom. The van der Waals surface area contributed by atoms with Crippen molar-refractivity contribution in [3.05, 3.63) is 102 Å². The summed E-state index contributed by atoms with van der Waals surface area (Å²) >= 11 is 0. The molecule has 1 aliphatic heterocycles. The molecule has 4 rings (SSSR count). The predicted molar refractivity (Wildman–Crippen MR) is 122 cm³/mol. The molecule has 0 spiro atoms. The van der Waals surface area contributed by atoms with Crippen LogP contribution in [0.15, 0.2) is 91.0 Å².